The molecule has 0 atom stereocenters. The van der Waals surface area contributed by atoms with Gasteiger partial charge in [0.15, 0.2) is 0 Å². The summed E-state index contributed by atoms with van der Waals surface area (Å²) >= 11 is 0. The standard InChI is InChI=1S/C26H35N3O7/c1-17-22(25(30)34-3)24(23(18(2)27-17)26(31)35-4)20-16-19(29(32)33)10-11-21(20)36-15-9-8-14-28-12-6-5-7-13-28/h10-11,16,24,27H,5-9,12-15H2,1-4H3. The number of benzene rings is 1. The Hall–Kier alpha value is -3.40. The molecule has 0 aromatic heterocycles. The van der Waals surface area contributed by atoms with E-state index in [2.05, 4.69) is 10.2 Å². The number of ether oxygens (including phenoxy) is 3. The highest BCUT2D eigenvalue weighted by molar-refractivity contribution is 6.00. The number of unbranched alkanes of at least 4 members (excludes halogenated alkanes) is 1. The van der Waals surface area contributed by atoms with Crippen molar-refractivity contribution in [2.45, 2.75) is 51.9 Å². The number of esters is 2. The summed E-state index contributed by atoms with van der Waals surface area (Å²) in [5, 5.41) is 14.6. The van der Waals surface area contributed by atoms with Crippen molar-refractivity contribution in [1.29, 1.82) is 0 Å². The zero-order valence-electron chi connectivity index (χ0n) is 21.4. The first-order chi connectivity index (χ1) is 17.3. The average molecular weight is 502 g/mol. The van der Waals surface area contributed by atoms with E-state index in [0.29, 0.717) is 29.3 Å². The van der Waals surface area contributed by atoms with Crippen LogP contribution in [0.1, 0.15) is 57.4 Å². The largest absolute Gasteiger partial charge is 0.493 e. The number of allylic oxidation sites excluding steroid dienone is 2. The predicted molar refractivity (Wildman–Crippen MR) is 133 cm³/mol. The molecule has 10 heteroatoms. The summed E-state index contributed by atoms with van der Waals surface area (Å²) in [5.74, 6) is -1.90. The lowest BCUT2D eigenvalue weighted by Crippen LogP contribution is -2.32. The lowest BCUT2D eigenvalue weighted by atomic mass is 9.80. The van der Waals surface area contributed by atoms with Crippen LogP contribution in [0.25, 0.3) is 0 Å². The van der Waals surface area contributed by atoms with Crippen molar-refractivity contribution in [2.75, 3.05) is 40.5 Å². The fourth-order valence-electron chi connectivity index (χ4n) is 4.88. The second-order valence-corrected chi connectivity index (χ2v) is 9.06. The fraction of sp³-hybridized carbons (Fsp3) is 0.538. The molecule has 1 saturated heterocycles. The molecule has 36 heavy (non-hydrogen) atoms. The van der Waals surface area contributed by atoms with Gasteiger partial charge in [-0.25, -0.2) is 9.59 Å². The maximum Gasteiger partial charge on any atom is 0.336 e. The molecule has 2 heterocycles. The van der Waals surface area contributed by atoms with E-state index in [9.17, 15) is 19.7 Å². The molecule has 2 aliphatic heterocycles. The molecule has 2 aliphatic rings. The minimum atomic E-state index is -0.964. The quantitative estimate of drug-likeness (QED) is 0.221. The van der Waals surface area contributed by atoms with Crippen LogP contribution in [0.15, 0.2) is 40.7 Å². The van der Waals surface area contributed by atoms with E-state index in [4.69, 9.17) is 14.2 Å². The number of piperidine rings is 1. The van der Waals surface area contributed by atoms with E-state index >= 15 is 0 Å². The first-order valence-electron chi connectivity index (χ1n) is 12.3. The number of nitrogens with one attached hydrogen (secondary N) is 1. The van der Waals surface area contributed by atoms with Gasteiger partial charge in [0, 0.05) is 29.1 Å². The molecule has 0 amide bonds. The van der Waals surface area contributed by atoms with Gasteiger partial charge in [-0.2, -0.15) is 0 Å². The maximum absolute atomic E-state index is 12.8. The Morgan fingerprint density at radius 3 is 2.19 bits per heavy atom. The van der Waals surface area contributed by atoms with Crippen molar-refractivity contribution in [3.05, 3.63) is 56.4 Å². The van der Waals surface area contributed by atoms with Gasteiger partial charge in [-0.05, 0) is 65.2 Å². The Morgan fingerprint density at radius 2 is 1.64 bits per heavy atom. The van der Waals surface area contributed by atoms with Crippen molar-refractivity contribution in [3.63, 3.8) is 0 Å². The molecule has 1 N–H and O–H groups in total. The van der Waals surface area contributed by atoms with E-state index < -0.39 is 22.8 Å². The number of methoxy groups -OCH3 is 2. The zero-order valence-corrected chi connectivity index (χ0v) is 21.4. The van der Waals surface area contributed by atoms with Crippen molar-refractivity contribution in [2.24, 2.45) is 0 Å². The minimum absolute atomic E-state index is 0.166. The van der Waals surface area contributed by atoms with Gasteiger partial charge in [0.25, 0.3) is 5.69 Å². The van der Waals surface area contributed by atoms with E-state index in [-0.39, 0.29) is 16.8 Å². The third-order valence-electron chi connectivity index (χ3n) is 6.66. The molecule has 10 nitrogen and oxygen atoms in total. The molecule has 0 saturated carbocycles. The van der Waals surface area contributed by atoms with Crippen LogP contribution in [0.4, 0.5) is 5.69 Å². The summed E-state index contributed by atoms with van der Waals surface area (Å²) in [6, 6.07) is 4.23. The topological polar surface area (TPSA) is 120 Å². The van der Waals surface area contributed by atoms with Gasteiger partial charge in [0.1, 0.15) is 5.75 Å². The summed E-state index contributed by atoms with van der Waals surface area (Å²) in [5.41, 5.74) is 1.45. The van der Waals surface area contributed by atoms with Crippen LogP contribution < -0.4 is 10.1 Å². The van der Waals surface area contributed by atoms with Crippen molar-refractivity contribution in [3.8, 4) is 5.75 Å². The highest BCUT2D eigenvalue weighted by Gasteiger charge is 2.39. The molecule has 0 spiro atoms. The van der Waals surface area contributed by atoms with Crippen molar-refractivity contribution < 1.29 is 28.7 Å². The summed E-state index contributed by atoms with van der Waals surface area (Å²) in [7, 11) is 2.49. The molecule has 0 bridgehead atoms. The predicted octanol–water partition coefficient (Wildman–Crippen LogP) is 3.82. The summed E-state index contributed by atoms with van der Waals surface area (Å²) in [6.45, 7) is 7.05. The third kappa shape index (κ3) is 6.23. The number of nitro groups is 1. The number of carbonyl (C=O) groups is 2. The van der Waals surface area contributed by atoms with Gasteiger partial charge in [-0.1, -0.05) is 6.42 Å². The van der Waals surface area contributed by atoms with Gasteiger partial charge in [0.05, 0.1) is 42.8 Å². The number of nitro benzene ring substituents is 1. The molecule has 0 radical (unpaired) electrons. The summed E-state index contributed by atoms with van der Waals surface area (Å²) in [6.07, 6.45) is 5.54. The number of dihydropyridines is 1. The smallest absolute Gasteiger partial charge is 0.336 e. The zero-order chi connectivity index (χ0) is 26.2. The SMILES string of the molecule is COC(=O)C1=C(C)NC(C)=C(C(=O)OC)C1c1cc([N+](=O)[O-])ccc1OCCCCN1CCCCC1. The monoisotopic (exact) mass is 501 g/mol. The van der Waals surface area contributed by atoms with Crippen LogP contribution >= 0.6 is 0 Å². The van der Waals surface area contributed by atoms with E-state index in [0.717, 1.165) is 32.5 Å². The van der Waals surface area contributed by atoms with Crippen LogP contribution in [-0.4, -0.2) is 62.2 Å². The highest BCUT2D eigenvalue weighted by Crippen LogP contribution is 2.44. The molecule has 1 aromatic carbocycles. The second kappa shape index (κ2) is 12.5. The normalized spacial score (nSPS) is 17.0. The number of likely N-dealkylation sites (tertiary alicyclic amines) is 1. The Bertz CT molecular complexity index is 1020. The average Bonchev–Trinajstić information content (AvgIpc) is 2.87. The van der Waals surface area contributed by atoms with E-state index in [1.807, 2.05) is 0 Å². The Balaban J connectivity index is 1.93. The Kier molecular flexibility index (Phi) is 9.46. The molecule has 3 rings (SSSR count). The lowest BCUT2D eigenvalue weighted by molar-refractivity contribution is -0.384. The second-order valence-electron chi connectivity index (χ2n) is 9.06. The van der Waals surface area contributed by atoms with Gasteiger partial charge < -0.3 is 24.4 Å². The number of nitrogens with zero attached hydrogens (tertiary/aromatic N) is 2. The summed E-state index contributed by atoms with van der Waals surface area (Å²) < 4.78 is 16.1. The van der Waals surface area contributed by atoms with Crippen LogP contribution in [0.5, 0.6) is 5.75 Å². The van der Waals surface area contributed by atoms with Crippen LogP contribution in [-0.2, 0) is 19.1 Å². The molecule has 0 unspecified atom stereocenters. The molecule has 1 aromatic rings. The van der Waals surface area contributed by atoms with Gasteiger partial charge in [-0.3, -0.25) is 10.1 Å². The fourth-order valence-corrected chi connectivity index (χ4v) is 4.88. The lowest BCUT2D eigenvalue weighted by Gasteiger charge is -2.31. The number of hydrogen-bond donors (Lipinski definition) is 1. The molecular weight excluding hydrogens is 466 g/mol. The maximum atomic E-state index is 12.8. The number of non-ortho nitro benzene ring substituents is 1. The van der Waals surface area contributed by atoms with Crippen LogP contribution in [0.3, 0.4) is 0 Å². The Morgan fingerprint density at radius 1 is 1.03 bits per heavy atom. The van der Waals surface area contributed by atoms with Gasteiger partial charge in [0.2, 0.25) is 0 Å². The van der Waals surface area contributed by atoms with Crippen LogP contribution in [0, 0.1) is 10.1 Å². The third-order valence-corrected chi connectivity index (χ3v) is 6.66. The molecule has 0 aliphatic carbocycles. The number of rotatable bonds is 10. The van der Waals surface area contributed by atoms with Gasteiger partial charge in [-0.15, -0.1) is 0 Å². The molecular formula is C26H35N3O7. The first kappa shape index (κ1) is 27.2. The summed E-state index contributed by atoms with van der Waals surface area (Å²) in [4.78, 5) is 39.2. The van der Waals surface area contributed by atoms with Gasteiger partial charge >= 0.3 is 11.9 Å². The Labute approximate surface area is 211 Å². The van der Waals surface area contributed by atoms with E-state index in [1.165, 1.54) is 51.7 Å². The van der Waals surface area contributed by atoms with Crippen molar-refractivity contribution >= 4 is 17.6 Å². The number of hydrogen-bond acceptors (Lipinski definition) is 9. The minimum Gasteiger partial charge on any atom is -0.493 e. The molecule has 1 fully saturated rings. The van der Waals surface area contributed by atoms with Crippen molar-refractivity contribution in [1.82, 2.24) is 10.2 Å². The van der Waals surface area contributed by atoms with Crippen LogP contribution in [0.2, 0.25) is 0 Å². The first-order valence-corrected chi connectivity index (χ1v) is 12.3. The van der Waals surface area contributed by atoms with E-state index in [1.54, 1.807) is 13.8 Å². The number of carbonyl (C=O) groups excluding carboxylic acids is 2. The molecule has 196 valence electrons. The highest BCUT2D eigenvalue weighted by atomic mass is 16.6.